The fourth-order valence-electron chi connectivity index (χ4n) is 2.05. The maximum absolute atomic E-state index is 13.6. The normalized spacial score (nSPS) is 18.6. The smallest absolute Gasteiger partial charge is 0.329 e. The van der Waals surface area contributed by atoms with Gasteiger partial charge < -0.3 is 10.1 Å². The third-order valence-electron chi connectivity index (χ3n) is 3.01. The monoisotopic (exact) mass is 284 g/mol. The van der Waals surface area contributed by atoms with E-state index >= 15 is 0 Å². The van der Waals surface area contributed by atoms with Crippen LogP contribution in [0.1, 0.15) is 12.8 Å². The maximum atomic E-state index is 13.6. The molecule has 108 valence electrons. The molecule has 5 nitrogen and oxygen atoms in total. The van der Waals surface area contributed by atoms with Gasteiger partial charge in [-0.2, -0.15) is 0 Å². The van der Waals surface area contributed by atoms with Crippen molar-refractivity contribution in [3.05, 3.63) is 29.8 Å². The first-order chi connectivity index (χ1) is 9.54. The lowest BCUT2D eigenvalue weighted by molar-refractivity contribution is -0.118. The van der Waals surface area contributed by atoms with Crippen molar-refractivity contribution in [3.8, 4) is 0 Å². The van der Waals surface area contributed by atoms with E-state index in [-0.39, 0.29) is 5.69 Å². The van der Waals surface area contributed by atoms with Gasteiger partial charge in [-0.25, -0.2) is 18.5 Å². The fourth-order valence-corrected chi connectivity index (χ4v) is 2.05. The molecule has 2 rings (SSSR count). The van der Waals surface area contributed by atoms with Gasteiger partial charge in [-0.1, -0.05) is 0 Å². The lowest BCUT2D eigenvalue weighted by atomic mass is 10.1. The van der Waals surface area contributed by atoms with Crippen LogP contribution in [0.25, 0.3) is 0 Å². The Balaban J connectivity index is 2.16. The molecule has 3 amide bonds. The molecule has 0 spiro atoms. The third kappa shape index (κ3) is 2.77. The zero-order valence-electron chi connectivity index (χ0n) is 10.9. The number of nitrogens with zero attached hydrogens (tertiary/aromatic N) is 1. The summed E-state index contributed by atoms with van der Waals surface area (Å²) in [4.78, 5) is 24.6. The first-order valence-corrected chi connectivity index (χ1v) is 6.13. The second kappa shape index (κ2) is 5.96. The molecular formula is C13H14F2N2O3. The summed E-state index contributed by atoms with van der Waals surface area (Å²) >= 11 is 0. The number of nitrogens with one attached hydrogen (secondary N) is 1. The molecule has 0 radical (unpaired) electrons. The molecule has 1 atom stereocenters. The van der Waals surface area contributed by atoms with E-state index in [2.05, 4.69) is 5.32 Å². The second-order valence-corrected chi connectivity index (χ2v) is 4.41. The molecule has 1 N–H and O–H groups in total. The maximum Gasteiger partial charge on any atom is 0.329 e. The van der Waals surface area contributed by atoms with Crippen molar-refractivity contribution in [2.24, 2.45) is 0 Å². The summed E-state index contributed by atoms with van der Waals surface area (Å²) in [5.41, 5.74) is -0.247. The lowest BCUT2D eigenvalue weighted by Gasteiger charge is -2.13. The Labute approximate surface area is 114 Å². The number of ether oxygens (including phenoxy) is 1. The third-order valence-corrected chi connectivity index (χ3v) is 3.01. The quantitative estimate of drug-likeness (QED) is 0.662. The number of amides is 3. The minimum atomic E-state index is -0.953. The number of halogens is 2. The van der Waals surface area contributed by atoms with Gasteiger partial charge in [0.25, 0.3) is 5.91 Å². The first kappa shape index (κ1) is 14.4. The molecule has 1 aliphatic rings. The van der Waals surface area contributed by atoms with Gasteiger partial charge in [0.15, 0.2) is 0 Å². The highest BCUT2D eigenvalue weighted by Crippen LogP contribution is 2.24. The van der Waals surface area contributed by atoms with Gasteiger partial charge in [0.1, 0.15) is 17.7 Å². The van der Waals surface area contributed by atoms with Crippen molar-refractivity contribution < 1.29 is 23.1 Å². The summed E-state index contributed by atoms with van der Waals surface area (Å²) in [5, 5.41) is 2.47. The van der Waals surface area contributed by atoms with Crippen LogP contribution in [0.4, 0.5) is 19.3 Å². The van der Waals surface area contributed by atoms with Gasteiger partial charge >= 0.3 is 6.03 Å². The van der Waals surface area contributed by atoms with Gasteiger partial charge in [-0.15, -0.1) is 0 Å². The van der Waals surface area contributed by atoms with Gasteiger partial charge in [0, 0.05) is 19.8 Å². The molecular weight excluding hydrogens is 270 g/mol. The van der Waals surface area contributed by atoms with E-state index < -0.39 is 29.6 Å². The highest BCUT2D eigenvalue weighted by Gasteiger charge is 2.39. The summed E-state index contributed by atoms with van der Waals surface area (Å²) in [5.74, 6) is -2.27. The fraction of sp³-hybridized carbons (Fsp3) is 0.385. The van der Waals surface area contributed by atoms with Crippen molar-refractivity contribution in [2.45, 2.75) is 18.9 Å². The molecule has 20 heavy (non-hydrogen) atoms. The van der Waals surface area contributed by atoms with Crippen molar-refractivity contribution in [2.75, 3.05) is 18.6 Å². The number of methoxy groups -OCH3 is 1. The number of rotatable bonds is 5. The zero-order valence-corrected chi connectivity index (χ0v) is 10.9. The zero-order chi connectivity index (χ0) is 14.7. The van der Waals surface area contributed by atoms with E-state index in [9.17, 15) is 18.4 Å². The first-order valence-electron chi connectivity index (χ1n) is 6.13. The Morgan fingerprint density at radius 1 is 1.35 bits per heavy atom. The van der Waals surface area contributed by atoms with Crippen LogP contribution in [-0.4, -0.2) is 31.7 Å². The number of benzene rings is 1. The molecule has 1 aliphatic heterocycles. The van der Waals surface area contributed by atoms with E-state index in [4.69, 9.17) is 4.74 Å². The topological polar surface area (TPSA) is 58.6 Å². The van der Waals surface area contributed by atoms with Crippen molar-refractivity contribution in [1.82, 2.24) is 5.32 Å². The molecule has 0 saturated carbocycles. The van der Waals surface area contributed by atoms with Crippen LogP contribution in [0, 0.1) is 11.6 Å². The second-order valence-electron chi connectivity index (χ2n) is 4.41. The summed E-state index contributed by atoms with van der Waals surface area (Å²) in [6.45, 7) is 0.463. The minimum Gasteiger partial charge on any atom is -0.385 e. The van der Waals surface area contributed by atoms with Crippen molar-refractivity contribution in [1.29, 1.82) is 0 Å². The van der Waals surface area contributed by atoms with Gasteiger partial charge in [0.2, 0.25) is 0 Å². The van der Waals surface area contributed by atoms with Crippen LogP contribution in [-0.2, 0) is 9.53 Å². The van der Waals surface area contributed by atoms with Gasteiger partial charge in [-0.3, -0.25) is 4.79 Å². The predicted molar refractivity (Wildman–Crippen MR) is 67.3 cm³/mol. The molecule has 1 unspecified atom stereocenters. The molecule has 0 aliphatic carbocycles. The number of carbonyl (C=O) groups is 2. The molecule has 1 heterocycles. The van der Waals surface area contributed by atoms with Crippen LogP contribution in [0.15, 0.2) is 18.2 Å². The summed E-state index contributed by atoms with van der Waals surface area (Å²) < 4.78 is 31.4. The van der Waals surface area contributed by atoms with Crippen LogP contribution in [0.3, 0.4) is 0 Å². The standard InChI is InChI=1S/C13H14F2N2O3/c1-20-6-2-3-10-12(18)17(13(19)16-10)11-5-4-8(14)7-9(11)15/h4-5,7,10H,2-3,6H2,1H3,(H,16,19). The number of hydrogen-bond acceptors (Lipinski definition) is 3. The average molecular weight is 284 g/mol. The molecule has 1 fully saturated rings. The molecule has 0 bridgehead atoms. The summed E-state index contributed by atoms with van der Waals surface area (Å²) in [6.07, 6.45) is 0.991. The van der Waals surface area contributed by atoms with Crippen molar-refractivity contribution >= 4 is 17.6 Å². The van der Waals surface area contributed by atoms with Gasteiger partial charge in [-0.05, 0) is 25.0 Å². The predicted octanol–water partition coefficient (Wildman–Crippen LogP) is 1.82. The SMILES string of the molecule is COCCCC1NC(=O)N(c2ccc(F)cc2F)C1=O. The van der Waals surface area contributed by atoms with E-state index in [0.717, 1.165) is 12.1 Å². The number of urea groups is 1. The van der Waals surface area contributed by atoms with E-state index in [1.165, 1.54) is 7.11 Å². The Bertz CT molecular complexity index is 536. The lowest BCUT2D eigenvalue weighted by Crippen LogP contribution is -2.32. The molecule has 7 heteroatoms. The van der Waals surface area contributed by atoms with Crippen LogP contribution in [0.5, 0.6) is 0 Å². The number of anilines is 1. The Morgan fingerprint density at radius 2 is 2.10 bits per heavy atom. The highest BCUT2D eigenvalue weighted by atomic mass is 19.1. The van der Waals surface area contributed by atoms with E-state index in [1.54, 1.807) is 0 Å². The summed E-state index contributed by atoms with van der Waals surface area (Å²) in [7, 11) is 1.54. The van der Waals surface area contributed by atoms with E-state index in [0.29, 0.717) is 30.4 Å². The van der Waals surface area contributed by atoms with Gasteiger partial charge in [0.05, 0.1) is 5.69 Å². The Morgan fingerprint density at radius 3 is 2.75 bits per heavy atom. The van der Waals surface area contributed by atoms with Crippen LogP contribution in [0.2, 0.25) is 0 Å². The van der Waals surface area contributed by atoms with E-state index in [1.807, 2.05) is 0 Å². The number of hydrogen-bond donors (Lipinski definition) is 1. The number of imide groups is 1. The Hall–Kier alpha value is -2.02. The molecule has 1 saturated heterocycles. The van der Waals surface area contributed by atoms with Crippen LogP contribution < -0.4 is 10.2 Å². The highest BCUT2D eigenvalue weighted by molar-refractivity contribution is 6.21. The largest absolute Gasteiger partial charge is 0.385 e. The Kier molecular flexibility index (Phi) is 4.29. The van der Waals surface area contributed by atoms with Crippen molar-refractivity contribution in [3.63, 3.8) is 0 Å². The molecule has 1 aromatic carbocycles. The molecule has 0 aromatic heterocycles. The number of carbonyl (C=O) groups excluding carboxylic acids is 2. The average Bonchev–Trinajstić information content (AvgIpc) is 2.66. The molecule has 1 aromatic rings. The minimum absolute atomic E-state index is 0.247. The van der Waals surface area contributed by atoms with Crippen LogP contribution >= 0.6 is 0 Å². The summed E-state index contributed by atoms with van der Waals surface area (Å²) in [6, 6.07) is 1.29.